The lowest BCUT2D eigenvalue weighted by molar-refractivity contribution is 0.302. The van der Waals surface area contributed by atoms with E-state index in [0.29, 0.717) is 6.61 Å². The summed E-state index contributed by atoms with van der Waals surface area (Å²) in [7, 11) is 0. The molecule has 0 aliphatic heterocycles. The van der Waals surface area contributed by atoms with Crippen LogP contribution in [0.1, 0.15) is 24.5 Å². The van der Waals surface area contributed by atoms with Gasteiger partial charge in [0.15, 0.2) is 0 Å². The molecule has 2 aromatic carbocycles. The zero-order valence-corrected chi connectivity index (χ0v) is 11.4. The first-order chi connectivity index (χ1) is 9.29. The Bertz CT molecular complexity index is 496. The van der Waals surface area contributed by atoms with E-state index in [1.807, 2.05) is 36.4 Å². The van der Waals surface area contributed by atoms with Crippen LogP contribution in [0, 0.1) is 0 Å². The molecule has 2 heteroatoms. The maximum atomic E-state index is 6.03. The van der Waals surface area contributed by atoms with Crippen LogP contribution in [0.5, 0.6) is 5.75 Å². The van der Waals surface area contributed by atoms with Gasteiger partial charge in [-0.05, 0) is 30.0 Å². The molecule has 0 radical (unpaired) electrons. The predicted octanol–water partition coefficient (Wildman–Crippen LogP) is 3.55. The van der Waals surface area contributed by atoms with Crippen LogP contribution in [0.25, 0.3) is 0 Å². The van der Waals surface area contributed by atoms with Crippen LogP contribution in [0.15, 0.2) is 54.6 Å². The molecule has 0 aromatic heterocycles. The smallest absolute Gasteiger partial charge is 0.123 e. The average Bonchev–Trinajstić information content (AvgIpc) is 2.47. The minimum absolute atomic E-state index is 0.196. The van der Waals surface area contributed by atoms with Gasteiger partial charge in [-0.2, -0.15) is 0 Å². The minimum atomic E-state index is 0.196. The van der Waals surface area contributed by atoms with Gasteiger partial charge in [0.1, 0.15) is 12.4 Å². The summed E-state index contributed by atoms with van der Waals surface area (Å²) in [4.78, 5) is 0. The Hall–Kier alpha value is -1.80. The van der Waals surface area contributed by atoms with Crippen LogP contribution in [0.2, 0.25) is 0 Å². The third-order valence-electron chi connectivity index (χ3n) is 3.22. The molecule has 0 aliphatic rings. The molecule has 2 nitrogen and oxygen atoms in total. The molecule has 2 aromatic rings. The second kappa shape index (κ2) is 6.95. The summed E-state index contributed by atoms with van der Waals surface area (Å²) < 4.78 is 5.91. The Morgan fingerprint density at radius 1 is 1.00 bits per heavy atom. The molecular weight excluding hydrogens is 234 g/mol. The van der Waals surface area contributed by atoms with Gasteiger partial charge in [-0.25, -0.2) is 0 Å². The van der Waals surface area contributed by atoms with Gasteiger partial charge in [0, 0.05) is 6.04 Å². The quantitative estimate of drug-likeness (QED) is 0.856. The number of rotatable bonds is 6. The Kier molecular flexibility index (Phi) is 4.99. The Morgan fingerprint density at radius 2 is 1.68 bits per heavy atom. The highest BCUT2D eigenvalue weighted by Crippen LogP contribution is 2.21. The topological polar surface area (TPSA) is 35.2 Å². The maximum absolute atomic E-state index is 6.03. The highest BCUT2D eigenvalue weighted by atomic mass is 16.5. The molecule has 0 aliphatic carbocycles. The molecule has 0 fully saturated rings. The Morgan fingerprint density at radius 3 is 2.42 bits per heavy atom. The van der Waals surface area contributed by atoms with Crippen LogP contribution >= 0.6 is 0 Å². The van der Waals surface area contributed by atoms with Crippen molar-refractivity contribution in [3.8, 4) is 5.75 Å². The van der Waals surface area contributed by atoms with Crippen molar-refractivity contribution in [3.63, 3.8) is 0 Å². The minimum Gasteiger partial charge on any atom is -0.489 e. The van der Waals surface area contributed by atoms with Crippen molar-refractivity contribution in [2.75, 3.05) is 0 Å². The van der Waals surface area contributed by atoms with E-state index in [9.17, 15) is 0 Å². The number of hydrogen-bond acceptors (Lipinski definition) is 2. The number of para-hydroxylation sites is 1. The highest BCUT2D eigenvalue weighted by molar-refractivity contribution is 5.34. The number of benzene rings is 2. The van der Waals surface area contributed by atoms with Crippen LogP contribution in [0.3, 0.4) is 0 Å². The molecule has 0 saturated heterocycles. The molecular formula is C17H21NO. The van der Waals surface area contributed by atoms with Gasteiger partial charge in [0.05, 0.1) is 0 Å². The summed E-state index contributed by atoms with van der Waals surface area (Å²) in [6.45, 7) is 2.71. The van der Waals surface area contributed by atoms with Crippen molar-refractivity contribution < 1.29 is 4.74 Å². The summed E-state index contributed by atoms with van der Waals surface area (Å²) in [6, 6.07) is 18.5. The van der Waals surface area contributed by atoms with Crippen molar-refractivity contribution in [2.24, 2.45) is 5.73 Å². The molecule has 0 heterocycles. The zero-order chi connectivity index (χ0) is 13.5. The van der Waals surface area contributed by atoms with Gasteiger partial charge in [-0.15, -0.1) is 0 Å². The largest absolute Gasteiger partial charge is 0.489 e. The second-order valence-corrected chi connectivity index (χ2v) is 4.75. The van der Waals surface area contributed by atoms with Crippen molar-refractivity contribution in [1.82, 2.24) is 0 Å². The van der Waals surface area contributed by atoms with E-state index < -0.39 is 0 Å². The summed E-state index contributed by atoms with van der Waals surface area (Å²) in [5.41, 5.74) is 8.39. The molecule has 0 saturated carbocycles. The standard InChI is InChI=1S/C17H21NO/c1-2-16(18)12-15-10-6-7-11-17(15)19-13-14-8-4-3-5-9-14/h3-11,16H,2,12-13,18H2,1H3. The van der Waals surface area contributed by atoms with Crippen LogP contribution in [0.4, 0.5) is 0 Å². The lowest BCUT2D eigenvalue weighted by atomic mass is 10.0. The highest BCUT2D eigenvalue weighted by Gasteiger charge is 2.07. The van der Waals surface area contributed by atoms with E-state index in [-0.39, 0.29) is 6.04 Å². The van der Waals surface area contributed by atoms with E-state index in [2.05, 4.69) is 25.1 Å². The third-order valence-corrected chi connectivity index (χ3v) is 3.22. The summed E-state index contributed by atoms with van der Waals surface area (Å²) in [5, 5.41) is 0. The Balaban J connectivity index is 2.03. The van der Waals surface area contributed by atoms with E-state index in [1.165, 1.54) is 11.1 Å². The number of ether oxygens (including phenoxy) is 1. The SMILES string of the molecule is CCC(N)Cc1ccccc1OCc1ccccc1. The van der Waals surface area contributed by atoms with Gasteiger partial charge < -0.3 is 10.5 Å². The zero-order valence-electron chi connectivity index (χ0n) is 11.4. The van der Waals surface area contributed by atoms with Gasteiger partial charge in [0.2, 0.25) is 0 Å². The molecule has 2 N–H and O–H groups in total. The summed E-state index contributed by atoms with van der Waals surface area (Å²) in [6.07, 6.45) is 1.84. The van der Waals surface area contributed by atoms with Gasteiger partial charge in [0.25, 0.3) is 0 Å². The molecule has 1 unspecified atom stereocenters. The molecule has 1 atom stereocenters. The van der Waals surface area contributed by atoms with E-state index in [1.54, 1.807) is 0 Å². The van der Waals surface area contributed by atoms with Crippen LogP contribution in [-0.4, -0.2) is 6.04 Å². The van der Waals surface area contributed by atoms with E-state index in [0.717, 1.165) is 18.6 Å². The molecule has 0 spiro atoms. The van der Waals surface area contributed by atoms with Gasteiger partial charge in [-0.3, -0.25) is 0 Å². The third kappa shape index (κ3) is 4.11. The fourth-order valence-corrected chi connectivity index (χ4v) is 1.98. The van der Waals surface area contributed by atoms with Crippen molar-refractivity contribution in [2.45, 2.75) is 32.4 Å². The molecule has 19 heavy (non-hydrogen) atoms. The second-order valence-electron chi connectivity index (χ2n) is 4.75. The normalized spacial score (nSPS) is 12.1. The lowest BCUT2D eigenvalue weighted by Crippen LogP contribution is -2.21. The molecule has 2 rings (SSSR count). The van der Waals surface area contributed by atoms with Crippen molar-refractivity contribution in [3.05, 3.63) is 65.7 Å². The molecule has 0 bridgehead atoms. The van der Waals surface area contributed by atoms with E-state index in [4.69, 9.17) is 10.5 Å². The van der Waals surface area contributed by atoms with Gasteiger partial charge in [-0.1, -0.05) is 55.5 Å². The van der Waals surface area contributed by atoms with Crippen molar-refractivity contribution in [1.29, 1.82) is 0 Å². The molecule has 100 valence electrons. The first-order valence-electron chi connectivity index (χ1n) is 6.79. The average molecular weight is 255 g/mol. The lowest BCUT2D eigenvalue weighted by Gasteiger charge is -2.14. The summed E-state index contributed by atoms with van der Waals surface area (Å²) >= 11 is 0. The van der Waals surface area contributed by atoms with Crippen molar-refractivity contribution >= 4 is 0 Å². The number of hydrogen-bond donors (Lipinski definition) is 1. The summed E-state index contributed by atoms with van der Waals surface area (Å²) in [5.74, 6) is 0.940. The fraction of sp³-hybridized carbons (Fsp3) is 0.294. The predicted molar refractivity (Wildman–Crippen MR) is 79.2 cm³/mol. The number of nitrogens with two attached hydrogens (primary N) is 1. The van der Waals surface area contributed by atoms with Crippen LogP contribution < -0.4 is 10.5 Å². The maximum Gasteiger partial charge on any atom is 0.123 e. The monoisotopic (exact) mass is 255 g/mol. The first-order valence-corrected chi connectivity index (χ1v) is 6.79. The Labute approximate surface area is 115 Å². The van der Waals surface area contributed by atoms with Gasteiger partial charge >= 0.3 is 0 Å². The van der Waals surface area contributed by atoms with Crippen LogP contribution in [-0.2, 0) is 13.0 Å². The first kappa shape index (κ1) is 13.6. The molecule has 0 amide bonds. The van der Waals surface area contributed by atoms with E-state index >= 15 is 0 Å². The fourth-order valence-electron chi connectivity index (χ4n) is 1.98.